The van der Waals surface area contributed by atoms with Gasteiger partial charge in [-0.3, -0.25) is 4.98 Å². The molecule has 0 aliphatic carbocycles. The second-order valence-corrected chi connectivity index (χ2v) is 6.42. The van der Waals surface area contributed by atoms with Crippen molar-refractivity contribution in [2.24, 2.45) is 0 Å². The van der Waals surface area contributed by atoms with Crippen molar-refractivity contribution in [2.75, 3.05) is 18.8 Å². The Bertz CT molecular complexity index is 455. The molecule has 0 aromatic carbocycles. The topological polar surface area (TPSA) is 71.1 Å². The van der Waals surface area contributed by atoms with Crippen molar-refractivity contribution in [1.82, 2.24) is 15.0 Å². The number of nitrogens with zero attached hydrogens (tertiary/aromatic N) is 1. The summed E-state index contributed by atoms with van der Waals surface area (Å²) >= 11 is 0. The number of sulfonamides is 1. The number of nitrogens with one attached hydrogen (secondary N) is 2. The molecular formula is C12H19N3O2S. The van der Waals surface area contributed by atoms with Crippen molar-refractivity contribution >= 4 is 10.0 Å². The maximum Gasteiger partial charge on any atom is 0.212 e. The van der Waals surface area contributed by atoms with Gasteiger partial charge in [0.1, 0.15) is 0 Å². The molecule has 2 heterocycles. The number of aromatic nitrogens is 1. The maximum atomic E-state index is 11.9. The summed E-state index contributed by atoms with van der Waals surface area (Å²) in [6.45, 7) is 1.70. The third-order valence-electron chi connectivity index (χ3n) is 3.00. The molecule has 6 heteroatoms. The highest BCUT2D eigenvalue weighted by Crippen LogP contribution is 2.04. The van der Waals surface area contributed by atoms with E-state index in [1.54, 1.807) is 6.20 Å². The van der Waals surface area contributed by atoms with Gasteiger partial charge in [-0.15, -0.1) is 0 Å². The number of hydrogen-bond acceptors (Lipinski definition) is 4. The molecule has 0 saturated carbocycles. The first-order chi connectivity index (χ1) is 8.66. The molecule has 2 N–H and O–H groups in total. The molecule has 5 nitrogen and oxygen atoms in total. The Morgan fingerprint density at radius 1 is 1.44 bits per heavy atom. The van der Waals surface area contributed by atoms with Crippen molar-refractivity contribution in [1.29, 1.82) is 0 Å². The predicted octanol–water partition coefficient (Wildman–Crippen LogP) is 0.295. The van der Waals surface area contributed by atoms with Crippen LogP contribution in [0.1, 0.15) is 18.5 Å². The molecule has 0 radical (unpaired) electrons. The standard InChI is InChI=1S/C12H19N3O2S/c16-18(17,15-12-5-3-7-13-10-12)9-6-11-4-1-2-8-14-11/h1-2,4,8,12-13,15H,3,5-7,9-10H2. The largest absolute Gasteiger partial charge is 0.315 e. The molecule has 1 aromatic heterocycles. The summed E-state index contributed by atoms with van der Waals surface area (Å²) < 4.78 is 26.6. The first-order valence-corrected chi connectivity index (χ1v) is 7.91. The minimum atomic E-state index is -3.21. The number of pyridine rings is 1. The van der Waals surface area contributed by atoms with E-state index in [2.05, 4.69) is 15.0 Å². The number of rotatable bonds is 5. The van der Waals surface area contributed by atoms with Crippen molar-refractivity contribution in [2.45, 2.75) is 25.3 Å². The lowest BCUT2D eigenvalue weighted by atomic mass is 10.1. The van der Waals surface area contributed by atoms with Crippen LogP contribution in [0.2, 0.25) is 0 Å². The van der Waals surface area contributed by atoms with Crippen LogP contribution in [0.3, 0.4) is 0 Å². The summed E-state index contributed by atoms with van der Waals surface area (Å²) in [7, 11) is -3.21. The molecule has 1 aliphatic rings. The SMILES string of the molecule is O=S(=O)(CCc1ccccn1)NC1CCCNC1. The molecule has 0 amide bonds. The molecule has 1 fully saturated rings. The van der Waals surface area contributed by atoms with Crippen molar-refractivity contribution in [3.63, 3.8) is 0 Å². The van der Waals surface area contributed by atoms with Gasteiger partial charge in [-0.25, -0.2) is 13.1 Å². The monoisotopic (exact) mass is 269 g/mol. The van der Waals surface area contributed by atoms with Crippen LogP contribution in [-0.4, -0.2) is 38.3 Å². The fourth-order valence-corrected chi connectivity index (χ4v) is 3.35. The predicted molar refractivity (Wildman–Crippen MR) is 70.8 cm³/mol. The van der Waals surface area contributed by atoms with Crippen molar-refractivity contribution in [3.8, 4) is 0 Å². The Morgan fingerprint density at radius 2 is 2.33 bits per heavy atom. The first kappa shape index (κ1) is 13.5. The second kappa shape index (κ2) is 6.26. The van der Waals surface area contributed by atoms with Gasteiger partial charge in [-0.1, -0.05) is 6.07 Å². The fraction of sp³-hybridized carbons (Fsp3) is 0.583. The van der Waals surface area contributed by atoms with E-state index in [4.69, 9.17) is 0 Å². The van der Waals surface area contributed by atoms with Gasteiger partial charge in [0, 0.05) is 30.9 Å². The van der Waals surface area contributed by atoms with Gasteiger partial charge >= 0.3 is 0 Å². The second-order valence-electron chi connectivity index (χ2n) is 4.55. The summed E-state index contributed by atoms with van der Waals surface area (Å²) in [6, 6.07) is 5.57. The fourth-order valence-electron chi connectivity index (χ4n) is 2.05. The van der Waals surface area contributed by atoms with E-state index >= 15 is 0 Å². The van der Waals surface area contributed by atoms with Crippen LogP contribution >= 0.6 is 0 Å². The zero-order chi connectivity index (χ0) is 12.8. The summed E-state index contributed by atoms with van der Waals surface area (Å²) in [6.07, 6.45) is 4.07. The maximum absolute atomic E-state index is 11.9. The summed E-state index contributed by atoms with van der Waals surface area (Å²) in [5.74, 6) is 0.0977. The third kappa shape index (κ3) is 4.36. The molecule has 100 valence electrons. The third-order valence-corrected chi connectivity index (χ3v) is 4.43. The number of piperidine rings is 1. The number of hydrogen-bond donors (Lipinski definition) is 2. The van der Waals surface area contributed by atoms with Gasteiger partial charge in [-0.2, -0.15) is 0 Å². The molecule has 2 rings (SSSR count). The molecule has 1 unspecified atom stereocenters. The van der Waals surface area contributed by atoms with Crippen LogP contribution in [0.4, 0.5) is 0 Å². The molecule has 1 atom stereocenters. The number of aryl methyl sites for hydroxylation is 1. The van der Waals surface area contributed by atoms with Crippen molar-refractivity contribution < 1.29 is 8.42 Å². The zero-order valence-electron chi connectivity index (χ0n) is 10.3. The molecule has 1 aliphatic heterocycles. The molecule has 1 aromatic rings. The lowest BCUT2D eigenvalue weighted by Gasteiger charge is -2.23. The van der Waals surface area contributed by atoms with Gasteiger partial charge in [0.2, 0.25) is 10.0 Å². The van der Waals surface area contributed by atoms with Crippen LogP contribution in [-0.2, 0) is 16.4 Å². The van der Waals surface area contributed by atoms with Gasteiger partial charge in [-0.05, 0) is 31.5 Å². The highest BCUT2D eigenvalue weighted by molar-refractivity contribution is 7.89. The van der Waals surface area contributed by atoms with E-state index in [-0.39, 0.29) is 11.8 Å². The van der Waals surface area contributed by atoms with Crippen molar-refractivity contribution in [3.05, 3.63) is 30.1 Å². The minimum absolute atomic E-state index is 0.0347. The lowest BCUT2D eigenvalue weighted by Crippen LogP contribution is -2.46. The van der Waals surface area contributed by atoms with E-state index in [1.165, 1.54) is 0 Å². The lowest BCUT2D eigenvalue weighted by molar-refractivity contribution is 0.428. The summed E-state index contributed by atoms with van der Waals surface area (Å²) in [5.41, 5.74) is 0.810. The Labute approximate surface area is 108 Å². The van der Waals surface area contributed by atoms with Gasteiger partial charge in [0.05, 0.1) is 5.75 Å². The average Bonchev–Trinajstić information content (AvgIpc) is 2.38. The van der Waals surface area contributed by atoms with E-state index in [0.717, 1.165) is 31.6 Å². The smallest absolute Gasteiger partial charge is 0.212 e. The first-order valence-electron chi connectivity index (χ1n) is 6.26. The Kier molecular flexibility index (Phi) is 4.68. The molecule has 18 heavy (non-hydrogen) atoms. The molecule has 0 bridgehead atoms. The van der Waals surface area contributed by atoms with Crippen LogP contribution in [0, 0.1) is 0 Å². The van der Waals surface area contributed by atoms with E-state index in [0.29, 0.717) is 6.42 Å². The van der Waals surface area contributed by atoms with E-state index in [1.807, 2.05) is 18.2 Å². The minimum Gasteiger partial charge on any atom is -0.315 e. The molecule has 1 saturated heterocycles. The molecule has 0 spiro atoms. The Morgan fingerprint density at radius 3 is 3.00 bits per heavy atom. The molecular weight excluding hydrogens is 250 g/mol. The summed E-state index contributed by atoms with van der Waals surface area (Å²) in [4.78, 5) is 4.12. The van der Waals surface area contributed by atoms with Gasteiger partial charge in [0.25, 0.3) is 0 Å². The van der Waals surface area contributed by atoms with Crippen LogP contribution in [0.15, 0.2) is 24.4 Å². The van der Waals surface area contributed by atoms with Gasteiger partial charge in [0.15, 0.2) is 0 Å². The van der Waals surface area contributed by atoms with E-state index in [9.17, 15) is 8.42 Å². The average molecular weight is 269 g/mol. The highest BCUT2D eigenvalue weighted by atomic mass is 32.2. The highest BCUT2D eigenvalue weighted by Gasteiger charge is 2.19. The van der Waals surface area contributed by atoms with Crippen LogP contribution < -0.4 is 10.0 Å². The quantitative estimate of drug-likeness (QED) is 0.806. The normalized spacial score (nSPS) is 20.8. The Balaban J connectivity index is 1.83. The summed E-state index contributed by atoms with van der Waals surface area (Å²) in [5, 5.41) is 3.19. The van der Waals surface area contributed by atoms with Crippen LogP contribution in [0.5, 0.6) is 0 Å². The van der Waals surface area contributed by atoms with Crippen LogP contribution in [0.25, 0.3) is 0 Å². The Hall–Kier alpha value is -0.980. The van der Waals surface area contributed by atoms with Gasteiger partial charge < -0.3 is 5.32 Å². The zero-order valence-corrected chi connectivity index (χ0v) is 11.1. The van der Waals surface area contributed by atoms with E-state index < -0.39 is 10.0 Å².